The number of thioether (sulfide) groups is 1. The number of carbonyl (C=O) groups is 2. The molecule has 0 bridgehead atoms. The van der Waals surface area contributed by atoms with Crippen LogP contribution in [0.3, 0.4) is 0 Å². The zero-order chi connectivity index (χ0) is 16.7. The lowest BCUT2D eigenvalue weighted by molar-refractivity contribution is -0.121. The second-order valence-corrected chi connectivity index (χ2v) is 6.56. The van der Waals surface area contributed by atoms with E-state index in [2.05, 4.69) is 26.8 Å². The first kappa shape index (κ1) is 17.5. The first-order valence-electron chi connectivity index (χ1n) is 6.78. The van der Waals surface area contributed by atoms with Crippen molar-refractivity contribution >= 4 is 39.5 Å². The van der Waals surface area contributed by atoms with Gasteiger partial charge in [0, 0.05) is 21.5 Å². The molecule has 0 atom stereocenters. The summed E-state index contributed by atoms with van der Waals surface area (Å²) in [6.07, 6.45) is 0.234. The number of benzene rings is 2. The van der Waals surface area contributed by atoms with Crippen molar-refractivity contribution in [2.75, 3.05) is 5.75 Å². The molecule has 2 amide bonds. The summed E-state index contributed by atoms with van der Waals surface area (Å²) in [5.41, 5.74) is 5.18. The summed E-state index contributed by atoms with van der Waals surface area (Å²) in [6, 6.07) is 13.0. The number of hydrogen-bond donors (Lipinski definition) is 2. The van der Waals surface area contributed by atoms with Gasteiger partial charge in [0.05, 0.1) is 5.56 Å². The molecular formula is C16H14BrFN2O2S. The van der Waals surface area contributed by atoms with Gasteiger partial charge in [-0.3, -0.25) is 20.4 Å². The fraction of sp³-hybridized carbons (Fsp3) is 0.125. The summed E-state index contributed by atoms with van der Waals surface area (Å²) in [5.74, 6) is -0.443. The van der Waals surface area contributed by atoms with E-state index in [4.69, 9.17) is 0 Å². The predicted octanol–water partition coefficient (Wildman–Crippen LogP) is 3.53. The first-order chi connectivity index (χ1) is 11.1. The topological polar surface area (TPSA) is 58.2 Å². The van der Waals surface area contributed by atoms with E-state index in [1.165, 1.54) is 23.9 Å². The molecule has 0 heterocycles. The Bertz CT molecular complexity index is 695. The van der Waals surface area contributed by atoms with Crippen LogP contribution in [-0.2, 0) is 4.79 Å². The van der Waals surface area contributed by atoms with Crippen LogP contribution in [0.1, 0.15) is 16.8 Å². The third kappa shape index (κ3) is 5.69. The van der Waals surface area contributed by atoms with E-state index < -0.39 is 5.91 Å². The van der Waals surface area contributed by atoms with Crippen LogP contribution in [0.25, 0.3) is 0 Å². The molecule has 0 saturated heterocycles. The van der Waals surface area contributed by atoms with Crippen LogP contribution < -0.4 is 10.9 Å². The number of amides is 2. The maximum absolute atomic E-state index is 12.8. The third-order valence-electron chi connectivity index (χ3n) is 2.85. The van der Waals surface area contributed by atoms with Crippen LogP contribution in [0.15, 0.2) is 57.9 Å². The molecule has 2 aromatic carbocycles. The van der Waals surface area contributed by atoms with E-state index >= 15 is 0 Å². The second-order valence-electron chi connectivity index (χ2n) is 4.53. The van der Waals surface area contributed by atoms with Crippen molar-refractivity contribution in [1.29, 1.82) is 0 Å². The summed E-state index contributed by atoms with van der Waals surface area (Å²) in [6.45, 7) is 0. The van der Waals surface area contributed by atoms with Crippen molar-refractivity contribution in [1.82, 2.24) is 10.9 Å². The van der Waals surface area contributed by atoms with E-state index in [0.29, 0.717) is 15.8 Å². The molecule has 0 aliphatic heterocycles. The first-order valence-corrected chi connectivity index (χ1v) is 8.56. The summed E-state index contributed by atoms with van der Waals surface area (Å²) in [4.78, 5) is 24.5. The van der Waals surface area contributed by atoms with Gasteiger partial charge >= 0.3 is 0 Å². The fourth-order valence-electron chi connectivity index (χ4n) is 1.69. The molecule has 0 unspecified atom stereocenters. The Morgan fingerprint density at radius 2 is 1.74 bits per heavy atom. The lowest BCUT2D eigenvalue weighted by atomic mass is 10.2. The van der Waals surface area contributed by atoms with E-state index in [1.807, 2.05) is 0 Å². The van der Waals surface area contributed by atoms with Crippen molar-refractivity contribution in [3.8, 4) is 0 Å². The van der Waals surface area contributed by atoms with E-state index in [1.54, 1.807) is 36.4 Å². The van der Waals surface area contributed by atoms with Gasteiger partial charge in [0.25, 0.3) is 5.91 Å². The van der Waals surface area contributed by atoms with Crippen LogP contribution in [0, 0.1) is 5.82 Å². The Balaban J connectivity index is 1.72. The van der Waals surface area contributed by atoms with Crippen molar-refractivity contribution in [2.45, 2.75) is 11.3 Å². The smallest absolute Gasteiger partial charge is 0.270 e. The van der Waals surface area contributed by atoms with Crippen molar-refractivity contribution < 1.29 is 14.0 Å². The lowest BCUT2D eigenvalue weighted by Crippen LogP contribution is -2.41. The number of hydrazine groups is 1. The zero-order valence-corrected chi connectivity index (χ0v) is 14.4. The molecule has 0 aliphatic rings. The summed E-state index contributed by atoms with van der Waals surface area (Å²) in [5, 5.41) is 0. The van der Waals surface area contributed by atoms with Crippen LogP contribution in [0.2, 0.25) is 0 Å². The highest BCUT2D eigenvalue weighted by Gasteiger charge is 2.10. The van der Waals surface area contributed by atoms with Crippen LogP contribution in [-0.4, -0.2) is 17.6 Å². The molecule has 0 fully saturated rings. The Hall–Kier alpha value is -1.86. The van der Waals surface area contributed by atoms with Gasteiger partial charge in [0.1, 0.15) is 5.82 Å². The van der Waals surface area contributed by atoms with Gasteiger partial charge < -0.3 is 0 Å². The van der Waals surface area contributed by atoms with E-state index in [-0.39, 0.29) is 18.1 Å². The van der Waals surface area contributed by atoms with Gasteiger partial charge in [0.15, 0.2) is 0 Å². The molecule has 0 aliphatic carbocycles. The van der Waals surface area contributed by atoms with Gasteiger partial charge in [-0.2, -0.15) is 0 Å². The number of halogens is 2. The SMILES string of the molecule is O=C(CCSc1ccc(F)cc1)NNC(=O)c1ccccc1Br. The minimum atomic E-state index is -0.392. The van der Waals surface area contributed by atoms with Crippen molar-refractivity contribution in [3.63, 3.8) is 0 Å². The predicted molar refractivity (Wildman–Crippen MR) is 91.5 cm³/mol. The Kier molecular flexibility index (Phi) is 6.61. The van der Waals surface area contributed by atoms with Crippen molar-refractivity contribution in [3.05, 3.63) is 64.4 Å². The van der Waals surface area contributed by atoms with Gasteiger partial charge in [-0.25, -0.2) is 4.39 Å². The highest BCUT2D eigenvalue weighted by Crippen LogP contribution is 2.18. The molecule has 0 spiro atoms. The number of rotatable bonds is 5. The average Bonchev–Trinajstić information content (AvgIpc) is 2.55. The maximum atomic E-state index is 12.8. The Labute approximate surface area is 145 Å². The molecule has 0 saturated carbocycles. The highest BCUT2D eigenvalue weighted by atomic mass is 79.9. The minimum absolute atomic E-state index is 0.234. The quantitative estimate of drug-likeness (QED) is 0.600. The molecule has 120 valence electrons. The van der Waals surface area contributed by atoms with Gasteiger partial charge in [-0.15, -0.1) is 11.8 Å². The third-order valence-corrected chi connectivity index (χ3v) is 4.55. The van der Waals surface area contributed by atoms with Crippen LogP contribution in [0.4, 0.5) is 4.39 Å². The molecule has 2 N–H and O–H groups in total. The molecule has 23 heavy (non-hydrogen) atoms. The average molecular weight is 397 g/mol. The van der Waals surface area contributed by atoms with Gasteiger partial charge in [-0.1, -0.05) is 12.1 Å². The molecule has 0 aromatic heterocycles. The molecule has 0 radical (unpaired) electrons. The molecule has 2 rings (SSSR count). The maximum Gasteiger partial charge on any atom is 0.270 e. The summed E-state index contributed by atoms with van der Waals surface area (Å²) < 4.78 is 13.4. The Morgan fingerprint density at radius 3 is 2.43 bits per heavy atom. The van der Waals surface area contributed by atoms with E-state index in [9.17, 15) is 14.0 Å². The molecule has 2 aromatic rings. The van der Waals surface area contributed by atoms with Crippen molar-refractivity contribution in [2.24, 2.45) is 0 Å². The number of carbonyl (C=O) groups excluding carboxylic acids is 2. The largest absolute Gasteiger partial charge is 0.273 e. The van der Waals surface area contributed by atoms with Crippen LogP contribution >= 0.6 is 27.7 Å². The number of nitrogens with one attached hydrogen (secondary N) is 2. The monoisotopic (exact) mass is 396 g/mol. The lowest BCUT2D eigenvalue weighted by Gasteiger charge is -2.08. The molecular weight excluding hydrogens is 383 g/mol. The summed E-state index contributed by atoms with van der Waals surface area (Å²) in [7, 11) is 0. The summed E-state index contributed by atoms with van der Waals surface area (Å²) >= 11 is 4.72. The second kappa shape index (κ2) is 8.69. The normalized spacial score (nSPS) is 10.2. The number of hydrogen-bond acceptors (Lipinski definition) is 3. The van der Waals surface area contributed by atoms with Gasteiger partial charge in [-0.05, 0) is 52.3 Å². The Morgan fingerprint density at radius 1 is 1.04 bits per heavy atom. The molecule has 4 nitrogen and oxygen atoms in total. The highest BCUT2D eigenvalue weighted by molar-refractivity contribution is 9.10. The standard InChI is InChI=1S/C16H14BrFN2O2S/c17-14-4-2-1-3-13(14)16(22)20-19-15(21)9-10-23-12-7-5-11(18)6-8-12/h1-8H,9-10H2,(H,19,21)(H,20,22). The minimum Gasteiger partial charge on any atom is -0.273 e. The molecule has 7 heteroatoms. The zero-order valence-electron chi connectivity index (χ0n) is 12.0. The van der Waals surface area contributed by atoms with Gasteiger partial charge in [0.2, 0.25) is 5.91 Å². The van der Waals surface area contributed by atoms with Crippen LogP contribution in [0.5, 0.6) is 0 Å². The van der Waals surface area contributed by atoms with E-state index in [0.717, 1.165) is 4.90 Å². The fourth-order valence-corrected chi connectivity index (χ4v) is 3.01.